The third-order valence-electron chi connectivity index (χ3n) is 4.01. The number of nitrogens with one attached hydrogen (secondary N) is 2. The summed E-state index contributed by atoms with van der Waals surface area (Å²) in [6, 6.07) is 6.02. The maximum Gasteiger partial charge on any atom is 0.191 e. The Morgan fingerprint density at radius 2 is 2.29 bits per heavy atom. The van der Waals surface area contributed by atoms with E-state index in [0.29, 0.717) is 6.54 Å². The van der Waals surface area contributed by atoms with E-state index >= 15 is 0 Å². The van der Waals surface area contributed by atoms with Gasteiger partial charge in [0.15, 0.2) is 5.96 Å². The first kappa shape index (κ1) is 17.0. The molecule has 24 heavy (non-hydrogen) atoms. The number of furan rings is 1. The maximum atomic E-state index is 5.78. The van der Waals surface area contributed by atoms with Gasteiger partial charge < -0.3 is 19.8 Å². The zero-order valence-electron chi connectivity index (χ0n) is 13.9. The molecule has 6 heteroatoms. The van der Waals surface area contributed by atoms with Crippen LogP contribution in [0.5, 0.6) is 0 Å². The predicted octanol–water partition coefficient (Wildman–Crippen LogP) is 3.19. The van der Waals surface area contributed by atoms with E-state index in [1.54, 1.807) is 17.6 Å². The molecule has 1 aliphatic rings. The van der Waals surface area contributed by atoms with Gasteiger partial charge in [-0.25, -0.2) is 4.99 Å². The van der Waals surface area contributed by atoms with Crippen LogP contribution in [0.15, 0.2) is 44.6 Å². The summed E-state index contributed by atoms with van der Waals surface area (Å²) in [5, 5.41) is 11.0. The Morgan fingerprint density at radius 3 is 3.04 bits per heavy atom. The summed E-state index contributed by atoms with van der Waals surface area (Å²) in [4.78, 5) is 4.68. The van der Waals surface area contributed by atoms with E-state index in [4.69, 9.17) is 9.15 Å². The van der Waals surface area contributed by atoms with Gasteiger partial charge in [0.05, 0.1) is 18.9 Å². The second-order valence-electron chi connectivity index (χ2n) is 5.92. The van der Waals surface area contributed by atoms with Crippen LogP contribution in [0.3, 0.4) is 0 Å². The lowest BCUT2D eigenvalue weighted by atomic mass is 10.1. The van der Waals surface area contributed by atoms with Crippen molar-refractivity contribution in [2.75, 3.05) is 19.7 Å². The van der Waals surface area contributed by atoms with E-state index < -0.39 is 0 Å². The van der Waals surface area contributed by atoms with E-state index in [1.807, 2.05) is 12.1 Å². The summed E-state index contributed by atoms with van der Waals surface area (Å²) in [5.41, 5.74) is 1.24. The molecular weight excluding hydrogens is 322 g/mol. The summed E-state index contributed by atoms with van der Waals surface area (Å²) in [6.45, 7) is 3.15. The van der Waals surface area contributed by atoms with Crippen molar-refractivity contribution in [1.29, 1.82) is 0 Å². The van der Waals surface area contributed by atoms with Crippen molar-refractivity contribution < 1.29 is 9.15 Å². The predicted molar refractivity (Wildman–Crippen MR) is 97.5 cm³/mol. The summed E-state index contributed by atoms with van der Waals surface area (Å²) in [7, 11) is 0. The van der Waals surface area contributed by atoms with Crippen molar-refractivity contribution in [3.63, 3.8) is 0 Å². The smallest absolute Gasteiger partial charge is 0.191 e. The zero-order valence-corrected chi connectivity index (χ0v) is 14.7. The number of guanidine groups is 1. The summed E-state index contributed by atoms with van der Waals surface area (Å²) in [6.07, 6.45) is 6.39. The Hall–Kier alpha value is -1.79. The molecule has 0 bridgehead atoms. The quantitative estimate of drug-likeness (QED) is 0.596. The first-order valence-corrected chi connectivity index (χ1v) is 9.51. The monoisotopic (exact) mass is 347 g/mol. The van der Waals surface area contributed by atoms with E-state index in [-0.39, 0.29) is 6.10 Å². The third kappa shape index (κ3) is 5.69. The third-order valence-corrected chi connectivity index (χ3v) is 4.75. The number of thiophene rings is 1. The molecule has 2 N–H and O–H groups in total. The lowest BCUT2D eigenvalue weighted by molar-refractivity contribution is 0.0194. The molecule has 130 valence electrons. The van der Waals surface area contributed by atoms with Gasteiger partial charge in [0, 0.05) is 26.1 Å². The molecular formula is C18H25N3O2S. The second-order valence-corrected chi connectivity index (χ2v) is 6.70. The molecule has 5 nitrogen and oxygen atoms in total. The molecule has 2 aromatic rings. The van der Waals surface area contributed by atoms with Crippen LogP contribution < -0.4 is 10.6 Å². The van der Waals surface area contributed by atoms with Gasteiger partial charge in [-0.15, -0.1) is 0 Å². The van der Waals surface area contributed by atoms with E-state index in [1.165, 1.54) is 18.4 Å². The summed E-state index contributed by atoms with van der Waals surface area (Å²) < 4.78 is 11.2. The van der Waals surface area contributed by atoms with Crippen LogP contribution in [0.2, 0.25) is 0 Å². The Bertz CT molecular complexity index is 590. The number of hydrogen-bond donors (Lipinski definition) is 2. The van der Waals surface area contributed by atoms with Crippen molar-refractivity contribution in [3.8, 4) is 0 Å². The molecule has 0 radical (unpaired) electrons. The van der Waals surface area contributed by atoms with Gasteiger partial charge in [0.1, 0.15) is 5.76 Å². The van der Waals surface area contributed by atoms with Gasteiger partial charge >= 0.3 is 0 Å². The van der Waals surface area contributed by atoms with Crippen LogP contribution in [-0.2, 0) is 17.7 Å². The van der Waals surface area contributed by atoms with Gasteiger partial charge in [-0.1, -0.05) is 0 Å². The molecule has 0 amide bonds. The topological polar surface area (TPSA) is 58.8 Å². The van der Waals surface area contributed by atoms with E-state index in [9.17, 15) is 0 Å². The molecule has 0 aliphatic carbocycles. The Balaban J connectivity index is 1.49. The molecule has 3 heterocycles. The van der Waals surface area contributed by atoms with Crippen LogP contribution in [0.4, 0.5) is 0 Å². The number of hydrogen-bond acceptors (Lipinski definition) is 4. The Labute approximate surface area is 147 Å². The fraction of sp³-hybridized carbons (Fsp3) is 0.500. The molecule has 1 saturated heterocycles. The van der Waals surface area contributed by atoms with Gasteiger partial charge in [0.25, 0.3) is 0 Å². The summed E-state index contributed by atoms with van der Waals surface area (Å²) in [5.74, 6) is 1.82. The van der Waals surface area contributed by atoms with Gasteiger partial charge in [0.2, 0.25) is 0 Å². The minimum atomic E-state index is 0.289. The number of ether oxygens (including phenoxy) is 1. The normalized spacial score (nSPS) is 18.5. The molecule has 0 saturated carbocycles. The molecule has 1 aliphatic heterocycles. The number of aliphatic imine (C=N–C) groups is 1. The van der Waals surface area contributed by atoms with Gasteiger partial charge in [-0.2, -0.15) is 11.3 Å². The highest BCUT2D eigenvalue weighted by molar-refractivity contribution is 7.07. The highest BCUT2D eigenvalue weighted by Gasteiger charge is 2.14. The van der Waals surface area contributed by atoms with Gasteiger partial charge in [-0.3, -0.25) is 0 Å². The second kappa shape index (κ2) is 9.49. The lowest BCUT2D eigenvalue weighted by Gasteiger charge is -2.23. The van der Waals surface area contributed by atoms with Crippen molar-refractivity contribution in [2.45, 2.75) is 38.3 Å². The molecule has 1 unspecified atom stereocenters. The SMILES string of the molecule is c1coc(CCNC(=NCc2ccsc2)NCC2CCCCO2)c1. The Kier molecular flexibility index (Phi) is 6.74. The molecule has 0 aromatic carbocycles. The lowest BCUT2D eigenvalue weighted by Crippen LogP contribution is -2.43. The molecule has 1 fully saturated rings. The highest BCUT2D eigenvalue weighted by atomic mass is 32.1. The minimum Gasteiger partial charge on any atom is -0.469 e. The molecule has 3 rings (SSSR count). The van der Waals surface area contributed by atoms with Crippen LogP contribution in [0.25, 0.3) is 0 Å². The van der Waals surface area contributed by atoms with Crippen LogP contribution in [0.1, 0.15) is 30.6 Å². The largest absolute Gasteiger partial charge is 0.469 e. The summed E-state index contributed by atoms with van der Waals surface area (Å²) >= 11 is 1.70. The van der Waals surface area contributed by atoms with Crippen LogP contribution in [-0.4, -0.2) is 31.8 Å². The fourth-order valence-electron chi connectivity index (χ4n) is 2.67. The average Bonchev–Trinajstić information content (AvgIpc) is 3.31. The standard InChI is InChI=1S/C18H25N3O2S/c1-2-9-23-17(4-1)13-21-18(20-12-15-7-11-24-14-15)19-8-6-16-5-3-10-22-16/h3,5,7,10-11,14,17H,1-2,4,6,8-9,12-13H2,(H2,19,20,21). The maximum absolute atomic E-state index is 5.78. The minimum absolute atomic E-state index is 0.289. The van der Waals surface area contributed by atoms with Crippen molar-refractivity contribution in [2.24, 2.45) is 4.99 Å². The Morgan fingerprint density at radius 1 is 1.29 bits per heavy atom. The van der Waals surface area contributed by atoms with Crippen LogP contribution >= 0.6 is 11.3 Å². The first-order valence-electron chi connectivity index (χ1n) is 8.57. The number of rotatable bonds is 7. The molecule has 0 spiro atoms. The van der Waals surface area contributed by atoms with Crippen molar-refractivity contribution in [3.05, 3.63) is 46.5 Å². The zero-order chi connectivity index (χ0) is 16.5. The molecule has 1 atom stereocenters. The van der Waals surface area contributed by atoms with Crippen LogP contribution in [0, 0.1) is 0 Å². The van der Waals surface area contributed by atoms with Crippen molar-refractivity contribution in [1.82, 2.24) is 10.6 Å². The van der Waals surface area contributed by atoms with E-state index in [0.717, 1.165) is 44.3 Å². The fourth-order valence-corrected chi connectivity index (χ4v) is 3.32. The van der Waals surface area contributed by atoms with Crippen molar-refractivity contribution >= 4 is 17.3 Å². The van der Waals surface area contributed by atoms with E-state index in [2.05, 4.69) is 32.5 Å². The first-order chi connectivity index (χ1) is 11.9. The van der Waals surface area contributed by atoms with Gasteiger partial charge in [-0.05, 0) is 53.8 Å². The highest BCUT2D eigenvalue weighted by Crippen LogP contribution is 2.11. The average molecular weight is 347 g/mol. The molecule has 2 aromatic heterocycles. The number of nitrogens with zero attached hydrogens (tertiary/aromatic N) is 1.